The summed E-state index contributed by atoms with van der Waals surface area (Å²) in [6.07, 6.45) is 1.18. The summed E-state index contributed by atoms with van der Waals surface area (Å²) in [5, 5.41) is 14.4. The van der Waals surface area contributed by atoms with Gasteiger partial charge in [-0.1, -0.05) is 17.7 Å². The number of amidine groups is 1. The van der Waals surface area contributed by atoms with Crippen molar-refractivity contribution in [2.75, 3.05) is 6.54 Å². The van der Waals surface area contributed by atoms with Gasteiger partial charge in [0, 0.05) is 5.02 Å². The van der Waals surface area contributed by atoms with Crippen molar-refractivity contribution in [3.05, 3.63) is 51.8 Å². The molecule has 0 radical (unpaired) electrons. The molecule has 9 heteroatoms. The predicted octanol–water partition coefficient (Wildman–Crippen LogP) is 5.53. The van der Waals surface area contributed by atoms with Crippen LogP contribution in [0, 0.1) is 12.8 Å². The number of benzene rings is 1. The Balaban J connectivity index is 1.40. The first kappa shape index (κ1) is 22.2. The minimum atomic E-state index is -2.67. The third kappa shape index (κ3) is 3.98. The molecule has 5 rings (SSSR count). The van der Waals surface area contributed by atoms with Gasteiger partial charge in [-0.15, -0.1) is 0 Å². The normalized spacial score (nSPS) is 24.0. The van der Waals surface area contributed by atoms with Crippen LogP contribution in [0.25, 0.3) is 0 Å². The van der Waals surface area contributed by atoms with Gasteiger partial charge in [-0.05, 0) is 74.8 Å². The quantitative estimate of drug-likeness (QED) is 0.597. The van der Waals surface area contributed by atoms with Crippen molar-refractivity contribution in [3.8, 4) is 0 Å². The number of carbonyl (C=O) groups is 1. The number of nitrogens with zero attached hydrogens (tertiary/aromatic N) is 4. The summed E-state index contributed by atoms with van der Waals surface area (Å²) in [4.78, 5) is 20.7. The van der Waals surface area contributed by atoms with E-state index in [4.69, 9.17) is 16.6 Å². The molecule has 0 saturated heterocycles. The molecule has 0 unspecified atom stereocenters. The summed E-state index contributed by atoms with van der Waals surface area (Å²) in [5.74, 6) is -0.496. The van der Waals surface area contributed by atoms with Crippen molar-refractivity contribution in [1.82, 2.24) is 9.78 Å². The Labute approximate surface area is 195 Å². The summed E-state index contributed by atoms with van der Waals surface area (Å²) in [6.45, 7) is 2.34. The lowest BCUT2D eigenvalue weighted by atomic mass is 9.86. The smallest absolute Gasteiger partial charge is 0.306 e. The maximum Gasteiger partial charge on any atom is 0.306 e. The molecule has 0 atom stereocenters. The third-order valence-corrected chi connectivity index (χ3v) is 7.41. The fraction of sp³-hybridized carbons (Fsp3) is 0.500. The molecule has 2 aliphatic carbocycles. The maximum atomic E-state index is 13.8. The molecule has 1 N–H and O–H groups in total. The molecule has 2 saturated carbocycles. The van der Waals surface area contributed by atoms with Crippen LogP contribution in [0.4, 0.5) is 8.78 Å². The number of carboxylic acids is 1. The van der Waals surface area contributed by atoms with Gasteiger partial charge in [0.1, 0.15) is 17.2 Å². The van der Waals surface area contributed by atoms with E-state index in [2.05, 4.69) is 10.1 Å². The fourth-order valence-electron chi connectivity index (χ4n) is 5.22. The van der Waals surface area contributed by atoms with Gasteiger partial charge >= 0.3 is 5.97 Å². The molecule has 2 aromatic rings. The topological polar surface area (TPSA) is 79.8 Å². The molecule has 2 heterocycles. The fourth-order valence-corrected chi connectivity index (χ4v) is 5.45. The van der Waals surface area contributed by atoms with Gasteiger partial charge in [-0.3, -0.25) is 14.5 Å². The van der Waals surface area contributed by atoms with Gasteiger partial charge in [-0.25, -0.2) is 13.8 Å². The number of hydrogen-bond acceptors (Lipinski definition) is 4. The molecule has 1 aliphatic heterocycles. The molecule has 2 fully saturated rings. The van der Waals surface area contributed by atoms with Crippen LogP contribution in [-0.2, 0) is 10.2 Å². The molecular weight excluding hydrogens is 450 g/mol. The Morgan fingerprint density at radius 1 is 1.21 bits per heavy atom. The zero-order chi connectivity index (χ0) is 23.3. The van der Waals surface area contributed by atoms with Crippen molar-refractivity contribution in [1.29, 1.82) is 0 Å². The van der Waals surface area contributed by atoms with Gasteiger partial charge in [0.2, 0.25) is 0 Å². The van der Waals surface area contributed by atoms with Crippen molar-refractivity contribution in [3.63, 3.8) is 0 Å². The van der Waals surface area contributed by atoms with E-state index in [0.717, 1.165) is 29.8 Å². The molecule has 1 aromatic heterocycles. The summed E-state index contributed by atoms with van der Waals surface area (Å²) in [5.41, 5.74) is 2.89. The number of carboxylic acid groups (broad SMARTS) is 1. The van der Waals surface area contributed by atoms with E-state index in [0.29, 0.717) is 48.7 Å². The molecule has 6 nitrogen and oxygen atoms in total. The lowest BCUT2D eigenvalue weighted by Crippen LogP contribution is -2.25. The number of aromatic nitrogens is 2. The second-order valence-electron chi connectivity index (χ2n) is 9.28. The van der Waals surface area contributed by atoms with Crippen LogP contribution in [0.1, 0.15) is 73.5 Å². The van der Waals surface area contributed by atoms with Gasteiger partial charge in [0.15, 0.2) is 0 Å². The maximum absolute atomic E-state index is 13.8. The van der Waals surface area contributed by atoms with Crippen LogP contribution in [0.5, 0.6) is 0 Å². The van der Waals surface area contributed by atoms with E-state index in [1.165, 1.54) is 10.7 Å². The molecule has 174 valence electrons. The molecular formula is C24H25ClF2N4O2. The number of aliphatic carboxylic acids is 1. The highest BCUT2D eigenvalue weighted by atomic mass is 35.5. The summed E-state index contributed by atoms with van der Waals surface area (Å²) in [6, 6.07) is 7.02. The highest BCUT2D eigenvalue weighted by Gasteiger charge is 2.51. The van der Waals surface area contributed by atoms with Crippen LogP contribution < -0.4 is 0 Å². The van der Waals surface area contributed by atoms with Gasteiger partial charge in [0.25, 0.3) is 6.43 Å². The lowest BCUT2D eigenvalue weighted by molar-refractivity contribution is -0.143. The number of hydrogen-bond donors (Lipinski definition) is 1. The Morgan fingerprint density at radius 2 is 1.94 bits per heavy atom. The number of aryl methyl sites for hydroxylation is 1. The number of halogens is 3. The zero-order valence-corrected chi connectivity index (χ0v) is 19.0. The number of alkyl halides is 2. The second-order valence-corrected chi connectivity index (χ2v) is 9.72. The summed E-state index contributed by atoms with van der Waals surface area (Å²) >= 11 is 6.12. The van der Waals surface area contributed by atoms with Gasteiger partial charge in [-0.2, -0.15) is 5.10 Å². The van der Waals surface area contributed by atoms with Crippen LogP contribution in [0.2, 0.25) is 5.02 Å². The molecule has 1 aromatic carbocycles. The van der Waals surface area contributed by atoms with E-state index in [9.17, 15) is 18.7 Å². The minimum Gasteiger partial charge on any atom is -0.481 e. The van der Waals surface area contributed by atoms with E-state index in [-0.39, 0.29) is 17.2 Å². The van der Waals surface area contributed by atoms with Crippen LogP contribution >= 0.6 is 11.6 Å². The number of aliphatic imine (C=N–C) groups is 2. The first-order valence-corrected chi connectivity index (χ1v) is 11.7. The minimum absolute atomic E-state index is 0.144. The van der Waals surface area contributed by atoms with Crippen molar-refractivity contribution in [2.24, 2.45) is 15.9 Å². The number of rotatable bonds is 6. The van der Waals surface area contributed by atoms with Crippen molar-refractivity contribution in [2.45, 2.75) is 63.3 Å². The first-order chi connectivity index (χ1) is 15.8. The van der Waals surface area contributed by atoms with E-state index in [1.54, 1.807) is 0 Å². The Kier molecular flexibility index (Phi) is 5.59. The Morgan fingerprint density at radius 3 is 2.55 bits per heavy atom. The van der Waals surface area contributed by atoms with E-state index >= 15 is 0 Å². The average molecular weight is 475 g/mol. The van der Waals surface area contributed by atoms with Crippen LogP contribution in [0.3, 0.4) is 0 Å². The largest absolute Gasteiger partial charge is 0.481 e. The monoisotopic (exact) mass is 474 g/mol. The Hall–Kier alpha value is -2.61. The second kappa shape index (κ2) is 8.31. The van der Waals surface area contributed by atoms with Crippen molar-refractivity contribution >= 4 is 29.1 Å². The molecule has 3 aliphatic rings. The van der Waals surface area contributed by atoms with Gasteiger partial charge < -0.3 is 5.11 Å². The highest BCUT2D eigenvalue weighted by Crippen LogP contribution is 2.52. The first-order valence-electron chi connectivity index (χ1n) is 11.3. The highest BCUT2D eigenvalue weighted by molar-refractivity contribution is 6.30. The van der Waals surface area contributed by atoms with E-state index < -0.39 is 18.3 Å². The van der Waals surface area contributed by atoms with E-state index in [1.807, 2.05) is 25.1 Å². The third-order valence-electron chi connectivity index (χ3n) is 7.18. The zero-order valence-electron chi connectivity index (χ0n) is 18.3. The molecule has 0 spiro atoms. The SMILES string of the molecule is Cc1cc(Cl)ccc1C1(C2=NCC(c3cc(C(F)F)n(C4CCC(C(=O)O)CC4)n3)=N2)CC1. The Bertz CT molecular complexity index is 1160. The van der Waals surface area contributed by atoms with Crippen molar-refractivity contribution < 1.29 is 18.7 Å². The summed E-state index contributed by atoms with van der Waals surface area (Å²) in [7, 11) is 0. The predicted molar refractivity (Wildman–Crippen MR) is 122 cm³/mol. The van der Waals surface area contributed by atoms with Crippen LogP contribution in [-0.4, -0.2) is 38.9 Å². The molecule has 33 heavy (non-hydrogen) atoms. The molecule has 0 amide bonds. The lowest BCUT2D eigenvalue weighted by Gasteiger charge is -2.27. The van der Waals surface area contributed by atoms with Crippen LogP contribution in [0.15, 0.2) is 34.3 Å². The average Bonchev–Trinajstić information content (AvgIpc) is 3.22. The van der Waals surface area contributed by atoms with Gasteiger partial charge in [0.05, 0.1) is 29.6 Å². The molecule has 0 bridgehead atoms. The standard InChI is InChI=1S/C24H25ClF2N4O2/c1-13-10-15(25)4-7-17(13)24(8-9-24)23-28-12-19(29-23)18-11-20(21(26)27)31(30-18)16-5-2-14(3-6-16)22(32)33/h4,7,10-11,14,16,21H,2-3,5-6,8-9,12H2,1H3,(H,32,33). The summed E-state index contributed by atoms with van der Waals surface area (Å²) < 4.78 is 29.1.